The lowest BCUT2D eigenvalue weighted by Gasteiger charge is -2.30. The summed E-state index contributed by atoms with van der Waals surface area (Å²) in [5, 5.41) is 14.2. The summed E-state index contributed by atoms with van der Waals surface area (Å²) >= 11 is 0. The van der Waals surface area contributed by atoms with Crippen LogP contribution in [0, 0.1) is 0 Å². The molecule has 2 atom stereocenters. The molecular formula is C20H26N6O2. The molecule has 3 heterocycles. The minimum atomic E-state index is -0.350. The molecule has 1 aromatic carbocycles. The second kappa shape index (κ2) is 8.50. The average molecular weight is 382 g/mol. The van der Waals surface area contributed by atoms with Crippen LogP contribution in [0.5, 0.6) is 0 Å². The third kappa shape index (κ3) is 3.90. The molecule has 0 bridgehead atoms. The molecule has 0 spiro atoms. The molecule has 2 aliphatic rings. The number of tetrazole rings is 1. The number of H-pyrrole nitrogens is 1. The van der Waals surface area contributed by atoms with Gasteiger partial charge < -0.3 is 9.80 Å². The van der Waals surface area contributed by atoms with Crippen molar-refractivity contribution in [2.45, 2.75) is 57.0 Å². The zero-order valence-corrected chi connectivity index (χ0v) is 16.0. The molecule has 0 aliphatic carbocycles. The maximum atomic E-state index is 13.2. The summed E-state index contributed by atoms with van der Waals surface area (Å²) in [7, 11) is 0. The number of carbonyl (C=O) groups is 2. The average Bonchev–Trinajstić information content (AvgIpc) is 3.49. The zero-order valence-electron chi connectivity index (χ0n) is 16.0. The van der Waals surface area contributed by atoms with Crippen molar-refractivity contribution in [3.05, 3.63) is 41.7 Å². The standard InChI is InChI=1S/C20H26N6O2/c27-18(12-4-9-15-7-2-1-3-8-15)25-13-6-11-17(25)20(28)26-14-5-10-16(26)19-21-23-24-22-19/h1-3,7-8,16-17H,4-6,9-14H2,(H,21,22,23,24)/t16-,17-/m0/s1. The number of nitrogens with zero attached hydrogens (tertiary/aromatic N) is 5. The molecule has 8 heteroatoms. The van der Waals surface area contributed by atoms with Crippen molar-refractivity contribution in [3.8, 4) is 0 Å². The molecule has 1 aromatic heterocycles. The smallest absolute Gasteiger partial charge is 0.246 e. The molecule has 2 aliphatic heterocycles. The van der Waals surface area contributed by atoms with Crippen LogP contribution in [0.4, 0.5) is 0 Å². The van der Waals surface area contributed by atoms with E-state index in [-0.39, 0.29) is 23.9 Å². The van der Waals surface area contributed by atoms with Gasteiger partial charge in [-0.3, -0.25) is 9.59 Å². The van der Waals surface area contributed by atoms with Crippen LogP contribution < -0.4 is 0 Å². The maximum Gasteiger partial charge on any atom is 0.246 e. The number of nitrogens with one attached hydrogen (secondary N) is 1. The predicted octanol–water partition coefficient (Wildman–Crippen LogP) is 1.88. The number of aromatic nitrogens is 4. The Morgan fingerprint density at radius 1 is 1.07 bits per heavy atom. The highest BCUT2D eigenvalue weighted by Gasteiger charge is 2.41. The summed E-state index contributed by atoms with van der Waals surface area (Å²) in [5.74, 6) is 0.674. The van der Waals surface area contributed by atoms with Crippen LogP contribution in [0.25, 0.3) is 0 Å². The van der Waals surface area contributed by atoms with Crippen LogP contribution in [0.2, 0.25) is 0 Å². The van der Waals surface area contributed by atoms with Crippen LogP contribution in [0.15, 0.2) is 30.3 Å². The van der Waals surface area contributed by atoms with Crippen LogP contribution in [-0.2, 0) is 16.0 Å². The second-order valence-corrected chi connectivity index (χ2v) is 7.54. The van der Waals surface area contributed by atoms with Gasteiger partial charge in [0.25, 0.3) is 0 Å². The fourth-order valence-electron chi connectivity index (χ4n) is 4.36. The van der Waals surface area contributed by atoms with Gasteiger partial charge >= 0.3 is 0 Å². The van der Waals surface area contributed by atoms with Crippen molar-refractivity contribution in [2.75, 3.05) is 13.1 Å². The van der Waals surface area contributed by atoms with E-state index in [4.69, 9.17) is 0 Å². The van der Waals surface area contributed by atoms with E-state index in [9.17, 15) is 9.59 Å². The van der Waals surface area contributed by atoms with E-state index < -0.39 is 0 Å². The Hall–Kier alpha value is -2.77. The Balaban J connectivity index is 1.36. The molecule has 2 fully saturated rings. The van der Waals surface area contributed by atoms with Crippen molar-refractivity contribution in [3.63, 3.8) is 0 Å². The Morgan fingerprint density at radius 2 is 1.86 bits per heavy atom. The first-order valence-corrected chi connectivity index (χ1v) is 10.1. The van der Waals surface area contributed by atoms with Crippen LogP contribution >= 0.6 is 0 Å². The monoisotopic (exact) mass is 382 g/mol. The number of hydrogen-bond acceptors (Lipinski definition) is 5. The van der Waals surface area contributed by atoms with Gasteiger partial charge in [-0.05, 0) is 44.1 Å². The number of amides is 2. The van der Waals surface area contributed by atoms with E-state index in [2.05, 4.69) is 32.8 Å². The largest absolute Gasteiger partial charge is 0.331 e. The summed E-state index contributed by atoms with van der Waals surface area (Å²) in [6, 6.07) is 9.70. The topological polar surface area (TPSA) is 95.1 Å². The summed E-state index contributed by atoms with van der Waals surface area (Å²) in [4.78, 5) is 29.6. The first kappa shape index (κ1) is 18.6. The lowest BCUT2D eigenvalue weighted by Crippen LogP contribution is -2.47. The SMILES string of the molecule is O=C(CCCc1ccccc1)N1CCC[C@H]1C(=O)N1CCC[C@H]1c1nn[nH]n1. The lowest BCUT2D eigenvalue weighted by molar-refractivity contribution is -0.144. The fraction of sp³-hybridized carbons (Fsp3) is 0.550. The predicted molar refractivity (Wildman–Crippen MR) is 102 cm³/mol. The third-order valence-electron chi connectivity index (χ3n) is 5.75. The summed E-state index contributed by atoms with van der Waals surface area (Å²) in [6.45, 7) is 1.35. The van der Waals surface area contributed by atoms with Crippen molar-refractivity contribution < 1.29 is 9.59 Å². The van der Waals surface area contributed by atoms with Gasteiger partial charge in [0.1, 0.15) is 6.04 Å². The van der Waals surface area contributed by atoms with Crippen LogP contribution in [0.3, 0.4) is 0 Å². The van der Waals surface area contributed by atoms with Gasteiger partial charge in [-0.1, -0.05) is 35.5 Å². The molecule has 2 amide bonds. The molecule has 8 nitrogen and oxygen atoms in total. The van der Waals surface area contributed by atoms with Gasteiger partial charge in [0, 0.05) is 19.5 Å². The number of likely N-dealkylation sites (tertiary alicyclic amines) is 2. The molecular weight excluding hydrogens is 356 g/mol. The zero-order chi connectivity index (χ0) is 19.3. The van der Waals surface area contributed by atoms with Gasteiger partial charge in [0.2, 0.25) is 11.8 Å². The highest BCUT2D eigenvalue weighted by Crippen LogP contribution is 2.32. The van der Waals surface area contributed by atoms with Gasteiger partial charge in [0.05, 0.1) is 6.04 Å². The van der Waals surface area contributed by atoms with Gasteiger partial charge in [-0.2, -0.15) is 5.21 Å². The minimum absolute atomic E-state index is 0.0289. The first-order valence-electron chi connectivity index (χ1n) is 10.1. The minimum Gasteiger partial charge on any atom is -0.331 e. The van der Waals surface area contributed by atoms with E-state index >= 15 is 0 Å². The highest BCUT2D eigenvalue weighted by molar-refractivity contribution is 5.88. The van der Waals surface area contributed by atoms with Crippen LogP contribution in [0.1, 0.15) is 56.0 Å². The molecule has 0 unspecified atom stereocenters. The van der Waals surface area contributed by atoms with Crippen molar-refractivity contribution in [1.82, 2.24) is 30.4 Å². The van der Waals surface area contributed by atoms with Gasteiger partial charge in [-0.15, -0.1) is 10.2 Å². The maximum absolute atomic E-state index is 13.2. The molecule has 2 saturated heterocycles. The van der Waals surface area contributed by atoms with E-state index in [1.165, 1.54) is 5.56 Å². The molecule has 1 N–H and O–H groups in total. The van der Waals surface area contributed by atoms with Crippen molar-refractivity contribution >= 4 is 11.8 Å². The molecule has 0 saturated carbocycles. The Kier molecular flexibility index (Phi) is 5.64. The Morgan fingerprint density at radius 3 is 2.64 bits per heavy atom. The fourth-order valence-corrected chi connectivity index (χ4v) is 4.36. The van der Waals surface area contributed by atoms with E-state index in [0.717, 1.165) is 38.5 Å². The quantitative estimate of drug-likeness (QED) is 0.823. The number of benzene rings is 1. The number of carbonyl (C=O) groups excluding carboxylic acids is 2. The molecule has 0 radical (unpaired) electrons. The lowest BCUT2D eigenvalue weighted by atomic mass is 10.1. The van der Waals surface area contributed by atoms with E-state index in [0.29, 0.717) is 25.3 Å². The number of hydrogen-bond donors (Lipinski definition) is 1. The van der Waals surface area contributed by atoms with Crippen molar-refractivity contribution in [2.24, 2.45) is 0 Å². The van der Waals surface area contributed by atoms with Gasteiger partial charge in [0.15, 0.2) is 5.82 Å². The Bertz CT molecular complexity index is 794. The molecule has 148 valence electrons. The highest BCUT2D eigenvalue weighted by atomic mass is 16.2. The third-order valence-corrected chi connectivity index (χ3v) is 5.75. The normalized spacial score (nSPS) is 22.0. The van der Waals surface area contributed by atoms with Gasteiger partial charge in [-0.25, -0.2) is 0 Å². The summed E-state index contributed by atoms with van der Waals surface area (Å²) in [5.41, 5.74) is 1.24. The number of aryl methyl sites for hydroxylation is 1. The second-order valence-electron chi connectivity index (χ2n) is 7.54. The number of aromatic amines is 1. The molecule has 28 heavy (non-hydrogen) atoms. The van der Waals surface area contributed by atoms with Crippen molar-refractivity contribution in [1.29, 1.82) is 0 Å². The van der Waals surface area contributed by atoms with Crippen LogP contribution in [-0.4, -0.2) is 61.4 Å². The number of rotatable bonds is 6. The van der Waals surface area contributed by atoms with E-state index in [1.807, 2.05) is 23.1 Å². The molecule has 2 aromatic rings. The molecule has 4 rings (SSSR count). The Labute approximate surface area is 164 Å². The summed E-state index contributed by atoms with van der Waals surface area (Å²) in [6.07, 6.45) is 5.53. The first-order chi connectivity index (χ1) is 13.7. The van der Waals surface area contributed by atoms with E-state index in [1.54, 1.807) is 4.90 Å². The summed E-state index contributed by atoms with van der Waals surface area (Å²) < 4.78 is 0.